The normalized spacial score (nSPS) is 11.8. The predicted molar refractivity (Wildman–Crippen MR) is 79.0 cm³/mol. The van der Waals surface area contributed by atoms with Gasteiger partial charge in [0.2, 0.25) is 10.0 Å². The topological polar surface area (TPSA) is 46.2 Å². The molecule has 0 unspecified atom stereocenters. The van der Waals surface area contributed by atoms with Crippen LogP contribution < -0.4 is 4.72 Å². The fraction of sp³-hybridized carbons (Fsp3) is 0.286. The van der Waals surface area contributed by atoms with Gasteiger partial charge in [0.25, 0.3) is 0 Å². The van der Waals surface area contributed by atoms with Gasteiger partial charge in [-0.05, 0) is 61.0 Å². The van der Waals surface area contributed by atoms with Gasteiger partial charge in [-0.3, -0.25) is 0 Å². The standard InChI is InChI=1S/C14H16FNO2S2/c1-9-4-5-19-13(9)8-16-20(17,18)14-10(2)6-12(15)7-11(14)3/h4-7,16H,8H2,1-3H3. The molecule has 0 atom stereocenters. The van der Waals surface area contributed by atoms with Crippen molar-refractivity contribution in [2.45, 2.75) is 32.2 Å². The maximum absolute atomic E-state index is 13.2. The molecule has 0 amide bonds. The lowest BCUT2D eigenvalue weighted by Gasteiger charge is -2.12. The van der Waals surface area contributed by atoms with Gasteiger partial charge in [0.05, 0.1) is 4.90 Å². The van der Waals surface area contributed by atoms with E-state index >= 15 is 0 Å². The summed E-state index contributed by atoms with van der Waals surface area (Å²) in [5.41, 5.74) is 1.89. The Bertz CT molecular complexity index is 712. The van der Waals surface area contributed by atoms with E-state index in [2.05, 4.69) is 4.72 Å². The Kier molecular flexibility index (Phi) is 4.27. The number of rotatable bonds is 4. The first-order valence-electron chi connectivity index (χ1n) is 6.10. The van der Waals surface area contributed by atoms with Crippen LogP contribution in [0.5, 0.6) is 0 Å². The fourth-order valence-electron chi connectivity index (χ4n) is 2.14. The summed E-state index contributed by atoms with van der Waals surface area (Å²) in [4.78, 5) is 1.14. The van der Waals surface area contributed by atoms with Gasteiger partial charge in [-0.2, -0.15) is 0 Å². The zero-order valence-corrected chi connectivity index (χ0v) is 13.2. The smallest absolute Gasteiger partial charge is 0.207 e. The highest BCUT2D eigenvalue weighted by molar-refractivity contribution is 7.89. The lowest BCUT2D eigenvalue weighted by molar-refractivity contribution is 0.579. The molecule has 0 aliphatic heterocycles. The van der Waals surface area contributed by atoms with E-state index in [0.717, 1.165) is 10.4 Å². The van der Waals surface area contributed by atoms with E-state index in [0.29, 0.717) is 11.1 Å². The van der Waals surface area contributed by atoms with E-state index < -0.39 is 15.8 Å². The number of thiophene rings is 1. The molecular formula is C14H16FNO2S2. The molecule has 2 aromatic rings. The van der Waals surface area contributed by atoms with Crippen molar-refractivity contribution in [3.8, 4) is 0 Å². The highest BCUT2D eigenvalue weighted by atomic mass is 32.2. The summed E-state index contributed by atoms with van der Waals surface area (Å²) < 4.78 is 40.6. The van der Waals surface area contributed by atoms with Gasteiger partial charge in [0.1, 0.15) is 5.82 Å². The lowest BCUT2D eigenvalue weighted by Crippen LogP contribution is -2.24. The zero-order chi connectivity index (χ0) is 14.9. The van der Waals surface area contributed by atoms with Crippen LogP contribution in [0.2, 0.25) is 0 Å². The molecule has 0 aliphatic rings. The van der Waals surface area contributed by atoms with Crippen molar-refractivity contribution < 1.29 is 12.8 Å². The van der Waals surface area contributed by atoms with Gasteiger partial charge in [0, 0.05) is 11.4 Å². The zero-order valence-electron chi connectivity index (χ0n) is 11.5. The lowest BCUT2D eigenvalue weighted by atomic mass is 10.1. The number of hydrogen-bond acceptors (Lipinski definition) is 3. The molecule has 6 heteroatoms. The maximum atomic E-state index is 13.2. The van der Waals surface area contributed by atoms with Gasteiger partial charge in [-0.15, -0.1) is 11.3 Å². The first kappa shape index (κ1) is 15.2. The average molecular weight is 313 g/mol. The molecule has 0 saturated heterocycles. The van der Waals surface area contributed by atoms with Gasteiger partial charge in [-0.25, -0.2) is 17.5 Å². The fourth-order valence-corrected chi connectivity index (χ4v) is 4.52. The van der Waals surface area contributed by atoms with Crippen molar-refractivity contribution in [1.29, 1.82) is 0 Å². The summed E-state index contributed by atoms with van der Waals surface area (Å²) in [6, 6.07) is 4.42. The number of aryl methyl sites for hydroxylation is 3. The van der Waals surface area contributed by atoms with E-state index in [9.17, 15) is 12.8 Å². The Balaban J connectivity index is 2.30. The Morgan fingerprint density at radius 1 is 1.15 bits per heavy atom. The van der Waals surface area contributed by atoms with Crippen LogP contribution in [-0.4, -0.2) is 8.42 Å². The van der Waals surface area contributed by atoms with Crippen LogP contribution in [0.1, 0.15) is 21.6 Å². The SMILES string of the molecule is Cc1ccsc1CNS(=O)(=O)c1c(C)cc(F)cc1C. The molecule has 1 aromatic heterocycles. The molecule has 0 bridgehead atoms. The summed E-state index contributed by atoms with van der Waals surface area (Å²) in [6.45, 7) is 5.39. The minimum Gasteiger partial charge on any atom is -0.207 e. The number of hydrogen-bond donors (Lipinski definition) is 1. The largest absolute Gasteiger partial charge is 0.241 e. The Hall–Kier alpha value is -1.24. The van der Waals surface area contributed by atoms with Crippen molar-refractivity contribution >= 4 is 21.4 Å². The quantitative estimate of drug-likeness (QED) is 0.941. The minimum atomic E-state index is -3.64. The molecular weight excluding hydrogens is 297 g/mol. The molecule has 1 heterocycles. The third kappa shape index (κ3) is 3.08. The van der Waals surface area contributed by atoms with Gasteiger partial charge < -0.3 is 0 Å². The Morgan fingerprint density at radius 3 is 2.25 bits per heavy atom. The molecule has 0 fully saturated rings. The van der Waals surface area contributed by atoms with E-state index in [-0.39, 0.29) is 11.4 Å². The number of halogens is 1. The average Bonchev–Trinajstić information content (AvgIpc) is 2.70. The third-order valence-corrected chi connectivity index (χ3v) is 5.81. The molecule has 0 saturated carbocycles. The van der Waals surface area contributed by atoms with Crippen LogP contribution in [0.25, 0.3) is 0 Å². The van der Waals surface area contributed by atoms with Crippen molar-refractivity contribution in [3.63, 3.8) is 0 Å². The Labute approximate surface area is 122 Å². The van der Waals surface area contributed by atoms with Crippen molar-refractivity contribution in [3.05, 3.63) is 51.0 Å². The summed E-state index contributed by atoms with van der Waals surface area (Å²) >= 11 is 1.51. The van der Waals surface area contributed by atoms with Crippen molar-refractivity contribution in [2.75, 3.05) is 0 Å². The molecule has 0 radical (unpaired) electrons. The van der Waals surface area contributed by atoms with E-state index in [1.807, 2.05) is 18.4 Å². The van der Waals surface area contributed by atoms with Crippen LogP contribution in [0, 0.1) is 26.6 Å². The third-order valence-electron chi connectivity index (χ3n) is 3.08. The highest BCUT2D eigenvalue weighted by Crippen LogP contribution is 2.22. The Morgan fingerprint density at radius 2 is 1.75 bits per heavy atom. The van der Waals surface area contributed by atoms with Gasteiger partial charge >= 0.3 is 0 Å². The van der Waals surface area contributed by atoms with Gasteiger partial charge in [-0.1, -0.05) is 0 Å². The van der Waals surface area contributed by atoms with Crippen molar-refractivity contribution in [1.82, 2.24) is 4.72 Å². The molecule has 1 N–H and O–H groups in total. The maximum Gasteiger partial charge on any atom is 0.241 e. The summed E-state index contributed by atoms with van der Waals surface area (Å²) in [5, 5.41) is 1.92. The minimum absolute atomic E-state index is 0.160. The van der Waals surface area contributed by atoms with E-state index in [1.165, 1.54) is 23.5 Å². The first-order valence-corrected chi connectivity index (χ1v) is 8.47. The second-order valence-electron chi connectivity index (χ2n) is 4.72. The van der Waals surface area contributed by atoms with E-state index in [1.54, 1.807) is 13.8 Å². The number of sulfonamides is 1. The molecule has 3 nitrogen and oxygen atoms in total. The monoisotopic (exact) mass is 313 g/mol. The van der Waals surface area contributed by atoms with Crippen molar-refractivity contribution in [2.24, 2.45) is 0 Å². The van der Waals surface area contributed by atoms with Crippen LogP contribution >= 0.6 is 11.3 Å². The second kappa shape index (κ2) is 5.63. The van der Waals surface area contributed by atoms with Crippen LogP contribution in [0.3, 0.4) is 0 Å². The van der Waals surface area contributed by atoms with Crippen LogP contribution in [-0.2, 0) is 16.6 Å². The van der Waals surface area contributed by atoms with E-state index in [4.69, 9.17) is 0 Å². The molecule has 2 rings (SSSR count). The van der Waals surface area contributed by atoms with Gasteiger partial charge in [0.15, 0.2) is 0 Å². The summed E-state index contributed by atoms with van der Waals surface area (Å²) in [6.07, 6.45) is 0. The molecule has 0 aliphatic carbocycles. The summed E-state index contributed by atoms with van der Waals surface area (Å²) in [7, 11) is -3.64. The molecule has 20 heavy (non-hydrogen) atoms. The summed E-state index contributed by atoms with van der Waals surface area (Å²) in [5.74, 6) is -0.423. The molecule has 0 spiro atoms. The molecule has 1 aromatic carbocycles. The first-order chi connectivity index (χ1) is 9.31. The second-order valence-corrected chi connectivity index (χ2v) is 7.42. The number of benzene rings is 1. The predicted octanol–water partition coefficient (Wildman–Crippen LogP) is 3.29. The van der Waals surface area contributed by atoms with Crippen LogP contribution in [0.15, 0.2) is 28.5 Å². The van der Waals surface area contributed by atoms with Crippen LogP contribution in [0.4, 0.5) is 4.39 Å². The highest BCUT2D eigenvalue weighted by Gasteiger charge is 2.20. The molecule has 108 valence electrons. The number of nitrogens with one attached hydrogen (secondary N) is 1.